The number of carbonyl (C=O) groups excluding carboxylic acids is 1. The number of carbonyl (C=O) groups is 1. The maximum Gasteiger partial charge on any atom is 0.271 e. The van der Waals surface area contributed by atoms with Crippen molar-refractivity contribution in [3.8, 4) is 0 Å². The normalized spacial score (nSPS) is 15.7. The van der Waals surface area contributed by atoms with Crippen molar-refractivity contribution in [3.05, 3.63) is 42.0 Å². The lowest BCUT2D eigenvalue weighted by Gasteiger charge is -2.31. The van der Waals surface area contributed by atoms with E-state index in [2.05, 4.69) is 20.3 Å². The molecule has 0 unspecified atom stereocenters. The number of nitrogens with one attached hydrogen (secondary N) is 1. The molecule has 0 bridgehead atoms. The highest BCUT2D eigenvalue weighted by Crippen LogP contribution is 2.31. The minimum Gasteiger partial charge on any atom is -0.348 e. The lowest BCUT2D eigenvalue weighted by atomic mass is 10.1. The summed E-state index contributed by atoms with van der Waals surface area (Å²) in [5.41, 5.74) is 0.875. The summed E-state index contributed by atoms with van der Waals surface area (Å²) in [6.45, 7) is 1.57. The molecule has 0 saturated carbocycles. The molecule has 1 fully saturated rings. The molecule has 4 rings (SSSR count). The van der Waals surface area contributed by atoms with Gasteiger partial charge in [-0.05, 0) is 31.0 Å². The van der Waals surface area contributed by atoms with Crippen molar-refractivity contribution in [2.75, 3.05) is 18.0 Å². The molecule has 1 saturated heterocycles. The number of anilines is 1. The van der Waals surface area contributed by atoms with Crippen LogP contribution in [-0.2, 0) is 7.05 Å². The number of nitrogens with zero attached hydrogens (tertiary/aromatic N) is 4. The number of halogens is 1. The van der Waals surface area contributed by atoms with E-state index in [0.717, 1.165) is 35.8 Å². The highest BCUT2D eigenvalue weighted by Gasteiger charge is 2.24. The molecule has 25 heavy (non-hydrogen) atoms. The number of rotatable bonds is 3. The van der Waals surface area contributed by atoms with E-state index in [9.17, 15) is 9.18 Å². The van der Waals surface area contributed by atoms with Gasteiger partial charge in [0.2, 0.25) is 0 Å². The van der Waals surface area contributed by atoms with E-state index in [4.69, 9.17) is 0 Å². The number of amides is 1. The van der Waals surface area contributed by atoms with Crippen LogP contribution in [-0.4, -0.2) is 39.8 Å². The standard InChI is InChI=1S/C17H18FN5OS/c1-22-8-7-13(21-22)16(24)19-11-5-9-23(10-6-11)17-20-15-12(18)3-2-4-14(15)25-17/h2-4,7-8,11H,5-6,9-10H2,1H3,(H,19,24). The monoisotopic (exact) mass is 359 g/mol. The van der Waals surface area contributed by atoms with Gasteiger partial charge in [-0.2, -0.15) is 5.10 Å². The van der Waals surface area contributed by atoms with Gasteiger partial charge in [0.25, 0.3) is 5.91 Å². The molecule has 6 nitrogen and oxygen atoms in total. The third-order valence-corrected chi connectivity index (χ3v) is 5.49. The minimum atomic E-state index is -0.280. The maximum atomic E-state index is 13.8. The molecule has 130 valence electrons. The van der Waals surface area contributed by atoms with Crippen LogP contribution in [0.2, 0.25) is 0 Å². The molecule has 0 spiro atoms. The summed E-state index contributed by atoms with van der Waals surface area (Å²) in [6, 6.07) is 6.86. The van der Waals surface area contributed by atoms with Gasteiger partial charge in [0.15, 0.2) is 5.13 Å². The lowest BCUT2D eigenvalue weighted by Crippen LogP contribution is -2.44. The highest BCUT2D eigenvalue weighted by atomic mass is 32.1. The van der Waals surface area contributed by atoms with Gasteiger partial charge in [0, 0.05) is 32.4 Å². The first-order chi connectivity index (χ1) is 12.1. The van der Waals surface area contributed by atoms with Gasteiger partial charge in [-0.15, -0.1) is 0 Å². The van der Waals surface area contributed by atoms with Gasteiger partial charge >= 0.3 is 0 Å². The first-order valence-corrected chi connectivity index (χ1v) is 9.02. The Kier molecular flexibility index (Phi) is 4.12. The Hall–Kier alpha value is -2.48. The zero-order chi connectivity index (χ0) is 17.4. The van der Waals surface area contributed by atoms with Crippen molar-refractivity contribution < 1.29 is 9.18 Å². The first-order valence-electron chi connectivity index (χ1n) is 8.20. The first kappa shape index (κ1) is 16.0. The second kappa shape index (κ2) is 6.44. The van der Waals surface area contributed by atoms with E-state index >= 15 is 0 Å². The van der Waals surface area contributed by atoms with Crippen LogP contribution < -0.4 is 10.2 Å². The molecular formula is C17H18FN5OS. The number of piperidine rings is 1. The van der Waals surface area contributed by atoms with E-state index < -0.39 is 0 Å². The zero-order valence-electron chi connectivity index (χ0n) is 13.8. The second-order valence-electron chi connectivity index (χ2n) is 6.19. The summed E-state index contributed by atoms with van der Waals surface area (Å²) in [4.78, 5) is 18.8. The molecular weight excluding hydrogens is 341 g/mol. The van der Waals surface area contributed by atoms with Gasteiger partial charge in [-0.1, -0.05) is 17.4 Å². The Balaban J connectivity index is 1.39. The second-order valence-corrected chi connectivity index (χ2v) is 7.20. The number of hydrogen-bond acceptors (Lipinski definition) is 5. The molecule has 0 aliphatic carbocycles. The molecule has 1 aliphatic heterocycles. The van der Waals surface area contributed by atoms with Crippen molar-refractivity contribution in [2.45, 2.75) is 18.9 Å². The molecule has 1 aromatic carbocycles. The smallest absolute Gasteiger partial charge is 0.271 e. The fourth-order valence-electron chi connectivity index (χ4n) is 3.05. The SMILES string of the molecule is Cn1ccc(C(=O)NC2CCN(c3nc4c(F)cccc4s3)CC2)n1. The average Bonchev–Trinajstić information content (AvgIpc) is 3.23. The predicted octanol–water partition coefficient (Wildman–Crippen LogP) is 2.57. The third-order valence-electron chi connectivity index (χ3n) is 4.41. The van der Waals surface area contributed by atoms with E-state index in [1.165, 1.54) is 17.4 Å². The Bertz CT molecular complexity index is 913. The van der Waals surface area contributed by atoms with Crippen LogP contribution in [0, 0.1) is 5.82 Å². The Morgan fingerprint density at radius 1 is 1.32 bits per heavy atom. The minimum absolute atomic E-state index is 0.122. The lowest BCUT2D eigenvalue weighted by molar-refractivity contribution is 0.0925. The quantitative estimate of drug-likeness (QED) is 0.781. The fourth-order valence-corrected chi connectivity index (χ4v) is 4.08. The summed E-state index contributed by atoms with van der Waals surface area (Å²) in [5.74, 6) is -0.418. The Labute approximate surface area is 148 Å². The molecule has 0 atom stereocenters. The van der Waals surface area contributed by atoms with E-state index in [1.807, 2.05) is 6.07 Å². The summed E-state index contributed by atoms with van der Waals surface area (Å²) in [6.07, 6.45) is 3.41. The van der Waals surface area contributed by atoms with Crippen LogP contribution >= 0.6 is 11.3 Å². The van der Waals surface area contributed by atoms with Crippen LogP contribution in [0.15, 0.2) is 30.5 Å². The van der Waals surface area contributed by atoms with Crippen LogP contribution in [0.1, 0.15) is 23.3 Å². The zero-order valence-corrected chi connectivity index (χ0v) is 14.6. The summed E-state index contributed by atoms with van der Waals surface area (Å²) in [5, 5.41) is 8.00. The predicted molar refractivity (Wildman–Crippen MR) is 95.5 cm³/mol. The molecule has 1 aliphatic rings. The van der Waals surface area contributed by atoms with Crippen molar-refractivity contribution >= 4 is 32.6 Å². The molecule has 3 heterocycles. The number of fused-ring (bicyclic) bond motifs is 1. The van der Waals surface area contributed by atoms with Gasteiger partial charge in [0.1, 0.15) is 17.0 Å². The number of benzene rings is 1. The Morgan fingerprint density at radius 2 is 2.12 bits per heavy atom. The average molecular weight is 359 g/mol. The number of thiazole rings is 1. The number of aryl methyl sites for hydroxylation is 1. The molecule has 1 N–H and O–H groups in total. The summed E-state index contributed by atoms with van der Waals surface area (Å²) < 4.78 is 16.3. The van der Waals surface area contributed by atoms with Crippen molar-refractivity contribution in [1.29, 1.82) is 0 Å². The number of para-hydroxylation sites is 1. The van der Waals surface area contributed by atoms with E-state index in [0.29, 0.717) is 11.2 Å². The van der Waals surface area contributed by atoms with Gasteiger partial charge in [-0.3, -0.25) is 9.48 Å². The summed E-state index contributed by atoms with van der Waals surface area (Å²) in [7, 11) is 1.79. The van der Waals surface area contributed by atoms with Crippen LogP contribution in [0.4, 0.5) is 9.52 Å². The molecule has 1 amide bonds. The highest BCUT2D eigenvalue weighted by molar-refractivity contribution is 7.22. The van der Waals surface area contributed by atoms with Gasteiger partial charge in [0.05, 0.1) is 4.70 Å². The molecule has 0 radical (unpaired) electrons. The number of hydrogen-bond donors (Lipinski definition) is 1. The molecule has 8 heteroatoms. The fraction of sp³-hybridized carbons (Fsp3) is 0.353. The van der Waals surface area contributed by atoms with Gasteiger partial charge in [-0.25, -0.2) is 9.37 Å². The van der Waals surface area contributed by atoms with Crippen molar-refractivity contribution in [2.24, 2.45) is 7.05 Å². The van der Waals surface area contributed by atoms with Crippen LogP contribution in [0.3, 0.4) is 0 Å². The number of aromatic nitrogens is 3. The van der Waals surface area contributed by atoms with Gasteiger partial charge < -0.3 is 10.2 Å². The third kappa shape index (κ3) is 3.21. The van der Waals surface area contributed by atoms with Crippen LogP contribution in [0.25, 0.3) is 10.2 Å². The molecule has 3 aromatic rings. The maximum absolute atomic E-state index is 13.8. The van der Waals surface area contributed by atoms with Crippen molar-refractivity contribution in [3.63, 3.8) is 0 Å². The van der Waals surface area contributed by atoms with E-state index in [1.54, 1.807) is 30.1 Å². The van der Waals surface area contributed by atoms with E-state index in [-0.39, 0.29) is 17.8 Å². The largest absolute Gasteiger partial charge is 0.348 e. The van der Waals surface area contributed by atoms with Crippen LogP contribution in [0.5, 0.6) is 0 Å². The topological polar surface area (TPSA) is 63.1 Å². The Morgan fingerprint density at radius 3 is 2.80 bits per heavy atom. The summed E-state index contributed by atoms with van der Waals surface area (Å²) >= 11 is 1.51. The van der Waals surface area contributed by atoms with Crippen molar-refractivity contribution in [1.82, 2.24) is 20.1 Å². The molecule has 2 aromatic heterocycles.